The molecule has 3 heterocycles. The first kappa shape index (κ1) is 22.3. The molecule has 1 aliphatic rings. The molecule has 0 bridgehead atoms. The minimum absolute atomic E-state index is 0.179. The number of rotatable bonds is 6. The van der Waals surface area contributed by atoms with E-state index in [0.717, 1.165) is 32.0 Å². The minimum Gasteiger partial charge on any atom is -0.489 e. The molecule has 0 atom stereocenters. The van der Waals surface area contributed by atoms with E-state index in [1.165, 1.54) is 12.4 Å². The Morgan fingerprint density at radius 2 is 1.78 bits per heavy atom. The summed E-state index contributed by atoms with van der Waals surface area (Å²) in [5.41, 5.74) is 8.85. The van der Waals surface area contributed by atoms with E-state index in [1.54, 1.807) is 24.4 Å². The van der Waals surface area contributed by atoms with Gasteiger partial charge in [0, 0.05) is 67.1 Å². The largest absolute Gasteiger partial charge is 0.489 e. The average Bonchev–Trinajstić information content (AvgIpc) is 2.80. The minimum atomic E-state index is 0.179. The summed E-state index contributed by atoms with van der Waals surface area (Å²) in [6.45, 7) is 4.09. The number of piperazine rings is 1. The van der Waals surface area contributed by atoms with Crippen molar-refractivity contribution in [2.75, 3.05) is 43.9 Å². The van der Waals surface area contributed by atoms with Gasteiger partial charge in [-0.1, -0.05) is 23.2 Å². The van der Waals surface area contributed by atoms with Gasteiger partial charge in [-0.15, -0.1) is 0 Å². The van der Waals surface area contributed by atoms with E-state index in [1.807, 2.05) is 12.1 Å². The van der Waals surface area contributed by atoms with Gasteiger partial charge in [-0.05, 0) is 37.4 Å². The molecule has 4 rings (SSSR count). The summed E-state index contributed by atoms with van der Waals surface area (Å²) < 4.78 is 5.87. The number of pyridine rings is 2. The zero-order valence-corrected chi connectivity index (χ0v) is 19.2. The molecule has 9 heteroatoms. The maximum absolute atomic E-state index is 8.67. The van der Waals surface area contributed by atoms with Crippen molar-refractivity contribution < 1.29 is 4.74 Å². The highest BCUT2D eigenvalue weighted by Crippen LogP contribution is 2.27. The molecule has 32 heavy (non-hydrogen) atoms. The molecule has 0 aliphatic carbocycles. The van der Waals surface area contributed by atoms with Gasteiger partial charge >= 0.3 is 0 Å². The smallest absolute Gasteiger partial charge is 0.128 e. The van der Waals surface area contributed by atoms with Crippen LogP contribution in [-0.2, 0) is 6.61 Å². The molecule has 1 saturated heterocycles. The number of hydrogen-bond acceptors (Lipinski definition) is 7. The van der Waals surface area contributed by atoms with Crippen LogP contribution >= 0.6 is 23.2 Å². The first-order valence-corrected chi connectivity index (χ1v) is 11.0. The lowest BCUT2D eigenvalue weighted by Crippen LogP contribution is -2.44. The SMILES string of the molecule is CN1CCN(c2ccc(C(=N)c3cc(OCc4c(Cl)cncc4Cl)ccc3N)cn2)CC1. The number of likely N-dealkylation sites (N-methyl/N-ethyl adjacent to an activating group) is 1. The first-order valence-electron chi connectivity index (χ1n) is 10.2. The van der Waals surface area contributed by atoms with Crippen molar-refractivity contribution in [3.63, 3.8) is 0 Å². The molecule has 3 aromatic rings. The van der Waals surface area contributed by atoms with Gasteiger partial charge in [0.15, 0.2) is 0 Å². The number of nitrogen functional groups attached to an aromatic ring is 1. The van der Waals surface area contributed by atoms with E-state index in [-0.39, 0.29) is 12.3 Å². The second-order valence-electron chi connectivity index (χ2n) is 7.69. The Hall–Kier alpha value is -2.87. The molecule has 1 aromatic carbocycles. The zero-order valence-electron chi connectivity index (χ0n) is 17.7. The molecule has 0 saturated carbocycles. The van der Waals surface area contributed by atoms with Crippen molar-refractivity contribution in [3.05, 3.63) is 75.7 Å². The van der Waals surface area contributed by atoms with E-state index in [0.29, 0.717) is 38.2 Å². The van der Waals surface area contributed by atoms with Crippen LogP contribution in [0.5, 0.6) is 5.75 Å². The fraction of sp³-hybridized carbons (Fsp3) is 0.261. The summed E-state index contributed by atoms with van der Waals surface area (Å²) in [6, 6.07) is 9.09. The van der Waals surface area contributed by atoms with E-state index in [4.69, 9.17) is 39.1 Å². The second-order valence-corrected chi connectivity index (χ2v) is 8.50. The van der Waals surface area contributed by atoms with Gasteiger partial charge in [0.1, 0.15) is 18.2 Å². The number of benzene rings is 1. The van der Waals surface area contributed by atoms with Crippen molar-refractivity contribution in [3.8, 4) is 5.75 Å². The first-order chi connectivity index (χ1) is 15.4. The van der Waals surface area contributed by atoms with Crippen molar-refractivity contribution in [2.45, 2.75) is 6.61 Å². The predicted octanol–water partition coefficient (Wildman–Crippen LogP) is 4.11. The van der Waals surface area contributed by atoms with Crippen molar-refractivity contribution >= 4 is 40.4 Å². The number of aromatic nitrogens is 2. The van der Waals surface area contributed by atoms with Crippen molar-refractivity contribution in [1.29, 1.82) is 5.41 Å². The lowest BCUT2D eigenvalue weighted by Gasteiger charge is -2.33. The summed E-state index contributed by atoms with van der Waals surface area (Å²) in [5.74, 6) is 1.48. The Labute approximate surface area is 197 Å². The summed E-state index contributed by atoms with van der Waals surface area (Å²) >= 11 is 12.3. The molecular weight excluding hydrogens is 447 g/mol. The fourth-order valence-corrected chi connectivity index (χ4v) is 3.96. The molecule has 3 N–H and O–H groups in total. The van der Waals surface area contributed by atoms with Crippen LogP contribution in [0, 0.1) is 5.41 Å². The number of nitrogens with one attached hydrogen (secondary N) is 1. The van der Waals surface area contributed by atoms with Crippen LogP contribution in [0.2, 0.25) is 10.0 Å². The van der Waals surface area contributed by atoms with E-state index >= 15 is 0 Å². The van der Waals surface area contributed by atoms with Gasteiger partial charge < -0.3 is 20.3 Å². The molecule has 2 aromatic heterocycles. The van der Waals surface area contributed by atoms with Crippen LogP contribution in [-0.4, -0.2) is 53.8 Å². The van der Waals surface area contributed by atoms with Crippen LogP contribution < -0.4 is 15.4 Å². The third-order valence-corrected chi connectivity index (χ3v) is 6.14. The number of halogens is 2. The van der Waals surface area contributed by atoms with Gasteiger partial charge in [0.05, 0.1) is 15.8 Å². The van der Waals surface area contributed by atoms with Crippen molar-refractivity contribution in [1.82, 2.24) is 14.9 Å². The fourth-order valence-electron chi connectivity index (χ4n) is 3.49. The van der Waals surface area contributed by atoms with Gasteiger partial charge in [0.25, 0.3) is 0 Å². The standard InChI is InChI=1S/C23H24Cl2N6O/c1-30-6-8-31(9-7-30)22-5-2-15(11-29-22)23(27)17-10-16(3-4-21(17)26)32-14-18-19(24)12-28-13-20(18)25/h2-5,10-13,27H,6-9,14,26H2,1H3. The number of nitrogens with two attached hydrogens (primary N) is 1. The quantitative estimate of drug-likeness (QED) is 0.415. The van der Waals surface area contributed by atoms with Crippen LogP contribution in [0.3, 0.4) is 0 Å². The molecular formula is C23H24Cl2N6O. The Kier molecular flexibility index (Phi) is 6.79. The van der Waals surface area contributed by atoms with Gasteiger partial charge in [0.2, 0.25) is 0 Å². The molecule has 0 radical (unpaired) electrons. The number of nitrogens with zero attached hydrogens (tertiary/aromatic N) is 4. The lowest BCUT2D eigenvalue weighted by atomic mass is 10.0. The normalized spacial score (nSPS) is 14.4. The highest BCUT2D eigenvalue weighted by molar-refractivity contribution is 6.35. The number of anilines is 2. The molecule has 0 amide bonds. The summed E-state index contributed by atoms with van der Waals surface area (Å²) in [6.07, 6.45) is 4.77. The topological polar surface area (TPSA) is 91.4 Å². The molecule has 166 valence electrons. The van der Waals surface area contributed by atoms with E-state index < -0.39 is 0 Å². The predicted molar refractivity (Wildman–Crippen MR) is 129 cm³/mol. The van der Waals surface area contributed by atoms with Crippen LogP contribution in [0.4, 0.5) is 11.5 Å². The molecule has 0 spiro atoms. The van der Waals surface area contributed by atoms with Crippen LogP contribution in [0.25, 0.3) is 0 Å². The van der Waals surface area contributed by atoms with Gasteiger partial charge in [-0.25, -0.2) is 4.98 Å². The average molecular weight is 471 g/mol. The third kappa shape index (κ3) is 4.96. The van der Waals surface area contributed by atoms with Gasteiger partial charge in [-0.3, -0.25) is 10.4 Å². The molecule has 7 nitrogen and oxygen atoms in total. The lowest BCUT2D eigenvalue weighted by molar-refractivity contribution is 0.306. The Bertz CT molecular complexity index is 1090. The maximum atomic E-state index is 8.67. The Morgan fingerprint density at radius 3 is 2.44 bits per heavy atom. The maximum Gasteiger partial charge on any atom is 0.128 e. The monoisotopic (exact) mass is 470 g/mol. The number of ether oxygens (including phenoxy) is 1. The second kappa shape index (κ2) is 9.73. The highest BCUT2D eigenvalue weighted by atomic mass is 35.5. The zero-order chi connectivity index (χ0) is 22.7. The van der Waals surface area contributed by atoms with Crippen molar-refractivity contribution in [2.24, 2.45) is 0 Å². The number of hydrogen-bond donors (Lipinski definition) is 2. The van der Waals surface area contributed by atoms with Crippen LogP contribution in [0.15, 0.2) is 48.9 Å². The third-order valence-electron chi connectivity index (χ3n) is 5.49. The summed E-state index contributed by atoms with van der Waals surface area (Å²) in [7, 11) is 2.12. The van der Waals surface area contributed by atoms with E-state index in [2.05, 4.69) is 26.8 Å². The molecule has 0 unspecified atom stereocenters. The Balaban J connectivity index is 1.48. The Morgan fingerprint density at radius 1 is 1.06 bits per heavy atom. The molecule has 1 fully saturated rings. The highest BCUT2D eigenvalue weighted by Gasteiger charge is 2.16. The van der Waals surface area contributed by atoms with Gasteiger partial charge in [-0.2, -0.15) is 0 Å². The summed E-state index contributed by atoms with van der Waals surface area (Å²) in [4.78, 5) is 13.1. The summed E-state index contributed by atoms with van der Waals surface area (Å²) in [5, 5.41) is 9.54. The molecule has 1 aliphatic heterocycles. The van der Waals surface area contributed by atoms with E-state index in [9.17, 15) is 0 Å². The van der Waals surface area contributed by atoms with Crippen LogP contribution in [0.1, 0.15) is 16.7 Å².